The van der Waals surface area contributed by atoms with E-state index in [1.807, 2.05) is 6.20 Å². The maximum absolute atomic E-state index is 10.7. The second-order valence-electron chi connectivity index (χ2n) is 6.22. The fraction of sp³-hybridized carbons (Fsp3) is 0.444. The average Bonchev–Trinajstić information content (AvgIpc) is 2.59. The number of nitro groups is 1. The van der Waals surface area contributed by atoms with Crippen molar-refractivity contribution in [3.05, 3.63) is 51.8 Å². The van der Waals surface area contributed by atoms with Gasteiger partial charge in [-0.15, -0.1) is 0 Å². The lowest BCUT2D eigenvalue weighted by Gasteiger charge is -2.23. The highest BCUT2D eigenvalue weighted by molar-refractivity contribution is 5.57. The first-order chi connectivity index (χ1) is 11.2. The molecule has 1 heterocycles. The largest absolute Gasteiger partial charge is 0.269 e. The van der Waals surface area contributed by atoms with E-state index in [0.717, 1.165) is 30.0 Å². The van der Waals surface area contributed by atoms with Crippen molar-refractivity contribution in [1.29, 1.82) is 0 Å². The lowest BCUT2D eigenvalue weighted by Crippen LogP contribution is -2.16. The quantitative estimate of drug-likeness (QED) is 0.608. The highest BCUT2D eigenvalue weighted by Crippen LogP contribution is 2.29. The molecule has 0 saturated carbocycles. The lowest BCUT2D eigenvalue weighted by atomic mass is 9.84. The second kappa shape index (κ2) is 6.86. The van der Waals surface area contributed by atoms with E-state index in [2.05, 4.69) is 11.9 Å². The fourth-order valence-electron chi connectivity index (χ4n) is 3.19. The molecule has 1 aromatic carbocycles. The molecule has 0 radical (unpaired) electrons. The van der Waals surface area contributed by atoms with Gasteiger partial charge in [0.05, 0.1) is 4.92 Å². The smallest absolute Gasteiger partial charge is 0.258 e. The van der Waals surface area contributed by atoms with Crippen molar-refractivity contribution in [1.82, 2.24) is 9.97 Å². The van der Waals surface area contributed by atoms with E-state index in [1.165, 1.54) is 43.4 Å². The summed E-state index contributed by atoms with van der Waals surface area (Å²) in [5.74, 6) is 1.42. The molecule has 0 saturated heterocycles. The second-order valence-corrected chi connectivity index (χ2v) is 6.22. The Balaban J connectivity index is 1.78. The van der Waals surface area contributed by atoms with Gasteiger partial charge in [-0.05, 0) is 42.9 Å². The zero-order chi connectivity index (χ0) is 16.2. The van der Waals surface area contributed by atoms with Gasteiger partial charge in [-0.3, -0.25) is 10.1 Å². The Hall–Kier alpha value is -2.30. The normalized spacial score (nSPS) is 16.8. The van der Waals surface area contributed by atoms with Crippen LogP contribution in [0.3, 0.4) is 0 Å². The van der Waals surface area contributed by atoms with Gasteiger partial charge in [-0.1, -0.05) is 26.2 Å². The van der Waals surface area contributed by atoms with E-state index in [-0.39, 0.29) is 5.69 Å². The summed E-state index contributed by atoms with van der Waals surface area (Å²) in [7, 11) is 0. The first-order valence-electron chi connectivity index (χ1n) is 8.27. The Morgan fingerprint density at radius 1 is 1.30 bits per heavy atom. The first kappa shape index (κ1) is 15.6. The minimum Gasteiger partial charge on any atom is -0.258 e. The molecule has 0 fully saturated rings. The maximum Gasteiger partial charge on any atom is 0.269 e. The number of rotatable bonds is 5. The van der Waals surface area contributed by atoms with Crippen molar-refractivity contribution in [2.24, 2.45) is 5.92 Å². The van der Waals surface area contributed by atoms with Crippen LogP contribution in [0.4, 0.5) is 5.69 Å². The molecule has 120 valence electrons. The van der Waals surface area contributed by atoms with Gasteiger partial charge < -0.3 is 0 Å². The molecule has 0 aliphatic heterocycles. The minimum atomic E-state index is -0.395. The van der Waals surface area contributed by atoms with E-state index < -0.39 is 4.92 Å². The van der Waals surface area contributed by atoms with E-state index in [4.69, 9.17) is 4.98 Å². The molecule has 23 heavy (non-hydrogen) atoms. The number of hydrogen-bond donors (Lipinski definition) is 0. The van der Waals surface area contributed by atoms with Crippen LogP contribution < -0.4 is 0 Å². The number of non-ortho nitro benzene ring substituents is 1. The number of unbranched alkanes of at least 4 members (excludes halogenated alkanes) is 1. The molecule has 5 nitrogen and oxygen atoms in total. The minimum absolute atomic E-state index is 0.0884. The molecule has 0 N–H and O–H groups in total. The fourth-order valence-corrected chi connectivity index (χ4v) is 3.19. The molecule has 2 aromatic rings. The summed E-state index contributed by atoms with van der Waals surface area (Å²) < 4.78 is 0. The number of benzene rings is 1. The van der Waals surface area contributed by atoms with Crippen LogP contribution in [0.15, 0.2) is 30.5 Å². The number of nitro benzene ring substituents is 1. The highest BCUT2D eigenvalue weighted by Gasteiger charge is 2.20. The van der Waals surface area contributed by atoms with Crippen LogP contribution >= 0.6 is 0 Å². The van der Waals surface area contributed by atoms with Gasteiger partial charge in [0.15, 0.2) is 5.82 Å². The average molecular weight is 311 g/mol. The van der Waals surface area contributed by atoms with Crippen LogP contribution in [0.2, 0.25) is 0 Å². The third-order valence-corrected chi connectivity index (χ3v) is 4.55. The predicted molar refractivity (Wildman–Crippen MR) is 89.2 cm³/mol. The van der Waals surface area contributed by atoms with Crippen LogP contribution in [-0.4, -0.2) is 14.9 Å². The monoisotopic (exact) mass is 311 g/mol. The lowest BCUT2D eigenvalue weighted by molar-refractivity contribution is -0.384. The topological polar surface area (TPSA) is 68.9 Å². The SMILES string of the molecule is CCCCC1CCc2nc(-c3ccc([N+](=O)[O-])cc3)ncc2C1. The molecular formula is C18H21N3O2. The van der Waals surface area contributed by atoms with Crippen molar-refractivity contribution in [2.75, 3.05) is 0 Å². The molecule has 0 amide bonds. The van der Waals surface area contributed by atoms with Gasteiger partial charge in [-0.2, -0.15) is 0 Å². The molecule has 1 aliphatic rings. The van der Waals surface area contributed by atoms with Crippen molar-refractivity contribution in [3.8, 4) is 11.4 Å². The van der Waals surface area contributed by atoms with Crippen LogP contribution in [-0.2, 0) is 12.8 Å². The van der Waals surface area contributed by atoms with Gasteiger partial charge in [0.1, 0.15) is 0 Å². The predicted octanol–water partition coefficient (Wildman–Crippen LogP) is 4.35. The number of nitrogens with zero attached hydrogens (tertiary/aromatic N) is 3. The zero-order valence-corrected chi connectivity index (χ0v) is 13.4. The Kier molecular flexibility index (Phi) is 4.65. The number of aryl methyl sites for hydroxylation is 1. The molecule has 0 spiro atoms. The first-order valence-corrected chi connectivity index (χ1v) is 8.27. The van der Waals surface area contributed by atoms with Crippen LogP contribution in [0, 0.1) is 16.0 Å². The molecule has 5 heteroatoms. The summed E-state index contributed by atoms with van der Waals surface area (Å²) in [6, 6.07) is 6.43. The number of hydrogen-bond acceptors (Lipinski definition) is 4. The van der Waals surface area contributed by atoms with Crippen molar-refractivity contribution < 1.29 is 4.92 Å². The number of aromatic nitrogens is 2. The Labute approximate surface area is 135 Å². The molecule has 1 atom stereocenters. The Morgan fingerprint density at radius 2 is 2.09 bits per heavy atom. The van der Waals surface area contributed by atoms with Crippen molar-refractivity contribution in [2.45, 2.75) is 45.4 Å². The molecule has 1 aromatic heterocycles. The summed E-state index contributed by atoms with van der Waals surface area (Å²) in [4.78, 5) is 19.5. The zero-order valence-electron chi connectivity index (χ0n) is 13.4. The van der Waals surface area contributed by atoms with Gasteiger partial charge in [0.2, 0.25) is 0 Å². The highest BCUT2D eigenvalue weighted by atomic mass is 16.6. The summed E-state index contributed by atoms with van der Waals surface area (Å²) in [6.07, 6.45) is 9.06. The third-order valence-electron chi connectivity index (χ3n) is 4.55. The van der Waals surface area contributed by atoms with E-state index in [1.54, 1.807) is 12.1 Å². The van der Waals surface area contributed by atoms with E-state index in [9.17, 15) is 10.1 Å². The standard InChI is InChI=1S/C18H21N3O2/c1-2-3-4-13-5-10-17-15(11-13)12-19-18(20-17)14-6-8-16(9-7-14)21(22)23/h6-9,12-13H,2-5,10-11H2,1H3. The molecule has 1 unspecified atom stereocenters. The van der Waals surface area contributed by atoms with E-state index in [0.29, 0.717) is 5.82 Å². The Bertz CT molecular complexity index is 698. The Morgan fingerprint density at radius 3 is 2.78 bits per heavy atom. The van der Waals surface area contributed by atoms with Gasteiger partial charge in [0, 0.05) is 29.6 Å². The van der Waals surface area contributed by atoms with Gasteiger partial charge in [-0.25, -0.2) is 9.97 Å². The summed E-state index contributed by atoms with van der Waals surface area (Å²) in [5, 5.41) is 10.7. The summed E-state index contributed by atoms with van der Waals surface area (Å²) in [6.45, 7) is 2.23. The van der Waals surface area contributed by atoms with Crippen molar-refractivity contribution >= 4 is 5.69 Å². The summed E-state index contributed by atoms with van der Waals surface area (Å²) >= 11 is 0. The molecule has 3 rings (SSSR count). The van der Waals surface area contributed by atoms with Gasteiger partial charge in [0.25, 0.3) is 5.69 Å². The van der Waals surface area contributed by atoms with Crippen LogP contribution in [0.25, 0.3) is 11.4 Å². The van der Waals surface area contributed by atoms with Crippen LogP contribution in [0.1, 0.15) is 43.9 Å². The third kappa shape index (κ3) is 3.55. The molecular weight excluding hydrogens is 290 g/mol. The summed E-state index contributed by atoms with van der Waals surface area (Å²) in [5.41, 5.74) is 3.32. The maximum atomic E-state index is 10.7. The van der Waals surface area contributed by atoms with Crippen LogP contribution in [0.5, 0.6) is 0 Å². The van der Waals surface area contributed by atoms with Crippen molar-refractivity contribution in [3.63, 3.8) is 0 Å². The number of fused-ring (bicyclic) bond motifs is 1. The van der Waals surface area contributed by atoms with Gasteiger partial charge >= 0.3 is 0 Å². The molecule has 1 aliphatic carbocycles. The van der Waals surface area contributed by atoms with E-state index >= 15 is 0 Å². The molecule has 0 bridgehead atoms.